The van der Waals surface area contributed by atoms with E-state index in [9.17, 15) is 0 Å². The second-order valence-corrected chi connectivity index (χ2v) is 7.70. The van der Waals surface area contributed by atoms with E-state index in [0.29, 0.717) is 0 Å². The lowest BCUT2D eigenvalue weighted by atomic mass is 10.1. The molecule has 2 aliphatic rings. The third-order valence-electron chi connectivity index (χ3n) is 5.53. The molecule has 2 heterocycles. The Hall–Kier alpha value is -0.940. The van der Waals surface area contributed by atoms with Crippen LogP contribution in [0.5, 0.6) is 0 Å². The van der Waals surface area contributed by atoms with Gasteiger partial charge in [0, 0.05) is 72.5 Å². The first-order valence-corrected chi connectivity index (χ1v) is 10.5. The number of piperazine rings is 1. The number of guanidine groups is 1. The van der Waals surface area contributed by atoms with Crippen LogP contribution < -0.4 is 10.6 Å². The van der Waals surface area contributed by atoms with Crippen molar-refractivity contribution in [3.63, 3.8) is 0 Å². The quantitative estimate of drug-likeness (QED) is 0.321. The molecule has 0 atom stereocenters. The molecule has 29 heavy (non-hydrogen) atoms. The fraction of sp³-hybridized carbons (Fsp3) is 0.667. The van der Waals surface area contributed by atoms with E-state index in [1.54, 1.807) is 0 Å². The fourth-order valence-electron chi connectivity index (χ4n) is 3.59. The number of ether oxygens (including phenoxy) is 1. The number of rotatable bonds is 7. The van der Waals surface area contributed by atoms with Crippen LogP contribution in [0, 0.1) is 0 Å². The van der Waals surface area contributed by atoms with Crippen molar-refractivity contribution in [2.45, 2.75) is 13.1 Å². The van der Waals surface area contributed by atoms with Crippen LogP contribution in [-0.2, 0) is 17.8 Å². The molecular weight excluding hydrogens is 479 g/mol. The van der Waals surface area contributed by atoms with Crippen LogP contribution in [0.2, 0.25) is 0 Å². The maximum Gasteiger partial charge on any atom is 0.191 e. The summed E-state index contributed by atoms with van der Waals surface area (Å²) in [7, 11) is 4.02. The highest BCUT2D eigenvalue weighted by molar-refractivity contribution is 14.0. The van der Waals surface area contributed by atoms with Crippen molar-refractivity contribution in [2.24, 2.45) is 4.99 Å². The predicted molar refractivity (Wildman–Crippen MR) is 130 cm³/mol. The molecule has 2 aliphatic heterocycles. The van der Waals surface area contributed by atoms with Gasteiger partial charge >= 0.3 is 0 Å². The zero-order valence-electron chi connectivity index (χ0n) is 17.9. The van der Waals surface area contributed by atoms with Gasteiger partial charge in [0.25, 0.3) is 0 Å². The molecule has 2 N–H and O–H groups in total. The van der Waals surface area contributed by atoms with Crippen LogP contribution in [0.3, 0.4) is 0 Å². The minimum absolute atomic E-state index is 0. The molecular formula is C21H37IN6O. The van der Waals surface area contributed by atoms with E-state index in [1.807, 2.05) is 7.05 Å². The zero-order chi connectivity index (χ0) is 19.6. The van der Waals surface area contributed by atoms with Crippen LogP contribution in [0.1, 0.15) is 11.1 Å². The summed E-state index contributed by atoms with van der Waals surface area (Å²) < 4.78 is 5.39. The number of benzene rings is 1. The molecule has 1 aromatic carbocycles. The Balaban J connectivity index is 0.00000300. The molecule has 0 amide bonds. The summed E-state index contributed by atoms with van der Waals surface area (Å²) in [6.45, 7) is 12.1. The standard InChI is InChI=1S/C21H36N6O.HI/c1-22-21(23-7-8-26-13-15-28-16-14-26)24-17-19-3-5-20(6-4-19)18-27-11-9-25(2)10-12-27;/h3-6H,7-18H2,1-2H3,(H2,22,23,24);1H. The number of likely N-dealkylation sites (N-methyl/N-ethyl adjacent to an activating group) is 1. The number of halogens is 1. The Kier molecular flexibility index (Phi) is 11.2. The highest BCUT2D eigenvalue weighted by atomic mass is 127. The highest BCUT2D eigenvalue weighted by Crippen LogP contribution is 2.09. The summed E-state index contributed by atoms with van der Waals surface area (Å²) in [6.07, 6.45) is 0. The van der Waals surface area contributed by atoms with E-state index in [2.05, 4.69) is 61.6 Å². The molecule has 0 spiro atoms. The first-order valence-electron chi connectivity index (χ1n) is 10.5. The third kappa shape index (κ3) is 8.75. The number of nitrogens with zero attached hydrogens (tertiary/aromatic N) is 4. The first-order chi connectivity index (χ1) is 13.7. The van der Waals surface area contributed by atoms with Gasteiger partial charge < -0.3 is 20.3 Å². The van der Waals surface area contributed by atoms with Gasteiger partial charge in [0.15, 0.2) is 5.96 Å². The average molecular weight is 516 g/mol. The van der Waals surface area contributed by atoms with Gasteiger partial charge in [0.1, 0.15) is 0 Å². The van der Waals surface area contributed by atoms with Gasteiger partial charge in [-0.2, -0.15) is 0 Å². The molecule has 2 fully saturated rings. The number of hydrogen-bond donors (Lipinski definition) is 2. The van der Waals surface area contributed by atoms with Gasteiger partial charge in [-0.1, -0.05) is 24.3 Å². The highest BCUT2D eigenvalue weighted by Gasteiger charge is 2.13. The van der Waals surface area contributed by atoms with E-state index < -0.39 is 0 Å². The Morgan fingerprint density at radius 2 is 1.59 bits per heavy atom. The lowest BCUT2D eigenvalue weighted by Gasteiger charge is -2.32. The summed E-state index contributed by atoms with van der Waals surface area (Å²) in [6, 6.07) is 8.95. The van der Waals surface area contributed by atoms with Crippen molar-refractivity contribution in [2.75, 3.05) is 79.7 Å². The molecule has 0 saturated carbocycles. The number of morpholine rings is 1. The first kappa shape index (κ1) is 24.3. The summed E-state index contributed by atoms with van der Waals surface area (Å²) in [5.41, 5.74) is 2.67. The average Bonchev–Trinajstić information content (AvgIpc) is 2.74. The second-order valence-electron chi connectivity index (χ2n) is 7.70. The molecule has 0 aromatic heterocycles. The number of hydrogen-bond acceptors (Lipinski definition) is 5. The lowest BCUT2D eigenvalue weighted by Crippen LogP contribution is -2.44. The van der Waals surface area contributed by atoms with Crippen LogP contribution in [0.25, 0.3) is 0 Å². The van der Waals surface area contributed by atoms with Crippen molar-refractivity contribution >= 4 is 29.9 Å². The van der Waals surface area contributed by atoms with Gasteiger partial charge in [-0.15, -0.1) is 24.0 Å². The topological polar surface area (TPSA) is 55.4 Å². The van der Waals surface area contributed by atoms with Crippen molar-refractivity contribution in [1.82, 2.24) is 25.3 Å². The molecule has 0 radical (unpaired) electrons. The van der Waals surface area contributed by atoms with Gasteiger partial charge in [0.2, 0.25) is 0 Å². The molecule has 0 unspecified atom stereocenters. The smallest absolute Gasteiger partial charge is 0.191 e. The van der Waals surface area contributed by atoms with E-state index in [4.69, 9.17) is 4.74 Å². The van der Waals surface area contributed by atoms with Crippen LogP contribution in [0.15, 0.2) is 29.3 Å². The Labute approximate surface area is 192 Å². The number of aliphatic imine (C=N–C) groups is 1. The van der Waals surface area contributed by atoms with Gasteiger partial charge in [0.05, 0.1) is 13.2 Å². The second kappa shape index (κ2) is 13.4. The van der Waals surface area contributed by atoms with Crippen LogP contribution in [-0.4, -0.2) is 100 Å². The summed E-state index contributed by atoms with van der Waals surface area (Å²) in [4.78, 5) is 11.7. The van der Waals surface area contributed by atoms with Crippen molar-refractivity contribution in [3.8, 4) is 0 Å². The van der Waals surface area contributed by atoms with Gasteiger partial charge in [-0.3, -0.25) is 14.8 Å². The molecule has 2 saturated heterocycles. The molecule has 8 heteroatoms. The molecule has 0 aliphatic carbocycles. The van der Waals surface area contributed by atoms with E-state index in [0.717, 1.165) is 71.5 Å². The van der Waals surface area contributed by atoms with Crippen LogP contribution >= 0.6 is 24.0 Å². The number of nitrogens with one attached hydrogen (secondary N) is 2. The molecule has 3 rings (SSSR count). The van der Waals surface area contributed by atoms with Crippen LogP contribution in [0.4, 0.5) is 0 Å². The SMILES string of the molecule is CN=C(NCCN1CCOCC1)NCc1ccc(CN2CCN(C)CC2)cc1.I. The van der Waals surface area contributed by atoms with Crippen molar-refractivity contribution in [3.05, 3.63) is 35.4 Å². The van der Waals surface area contributed by atoms with E-state index in [-0.39, 0.29) is 24.0 Å². The molecule has 164 valence electrons. The molecule has 0 bridgehead atoms. The molecule has 1 aromatic rings. The maximum absolute atomic E-state index is 5.39. The summed E-state index contributed by atoms with van der Waals surface area (Å²) in [5, 5.41) is 6.81. The maximum atomic E-state index is 5.39. The Morgan fingerprint density at radius 1 is 0.931 bits per heavy atom. The zero-order valence-corrected chi connectivity index (χ0v) is 20.2. The summed E-state index contributed by atoms with van der Waals surface area (Å²) in [5.74, 6) is 0.856. The van der Waals surface area contributed by atoms with E-state index in [1.165, 1.54) is 24.2 Å². The minimum Gasteiger partial charge on any atom is -0.379 e. The lowest BCUT2D eigenvalue weighted by molar-refractivity contribution is 0.0389. The Morgan fingerprint density at radius 3 is 2.24 bits per heavy atom. The van der Waals surface area contributed by atoms with Crippen molar-refractivity contribution in [1.29, 1.82) is 0 Å². The van der Waals surface area contributed by atoms with Crippen molar-refractivity contribution < 1.29 is 4.74 Å². The fourth-order valence-corrected chi connectivity index (χ4v) is 3.59. The normalized spacial score (nSPS) is 19.6. The Bertz CT molecular complexity index is 598. The van der Waals surface area contributed by atoms with Gasteiger partial charge in [-0.05, 0) is 18.2 Å². The third-order valence-corrected chi connectivity index (χ3v) is 5.53. The monoisotopic (exact) mass is 516 g/mol. The largest absolute Gasteiger partial charge is 0.379 e. The summed E-state index contributed by atoms with van der Waals surface area (Å²) >= 11 is 0. The molecule has 7 nitrogen and oxygen atoms in total. The van der Waals surface area contributed by atoms with Gasteiger partial charge in [-0.25, -0.2) is 0 Å². The minimum atomic E-state index is 0. The predicted octanol–water partition coefficient (Wildman–Crippen LogP) is 1.05. The van der Waals surface area contributed by atoms with E-state index >= 15 is 0 Å².